The van der Waals surface area contributed by atoms with Crippen molar-refractivity contribution < 1.29 is 24.3 Å². The zero-order valence-corrected chi connectivity index (χ0v) is 17.0. The molecule has 0 saturated carbocycles. The van der Waals surface area contributed by atoms with Gasteiger partial charge in [-0.05, 0) is 61.2 Å². The molecule has 160 valence electrons. The number of hydrogen-bond acceptors (Lipinski definition) is 5. The summed E-state index contributed by atoms with van der Waals surface area (Å²) in [5, 5.41) is 20.8. The van der Waals surface area contributed by atoms with Crippen LogP contribution in [0.3, 0.4) is 0 Å². The van der Waals surface area contributed by atoms with E-state index in [-0.39, 0.29) is 24.9 Å². The van der Waals surface area contributed by atoms with Crippen molar-refractivity contribution in [3.63, 3.8) is 0 Å². The fourth-order valence-corrected chi connectivity index (χ4v) is 3.83. The van der Waals surface area contributed by atoms with Crippen LogP contribution in [0, 0.1) is 0 Å². The summed E-state index contributed by atoms with van der Waals surface area (Å²) >= 11 is 0. The van der Waals surface area contributed by atoms with Gasteiger partial charge in [0.05, 0.1) is 12.6 Å². The minimum Gasteiger partial charge on any atom is -0.508 e. The third-order valence-electron chi connectivity index (χ3n) is 5.06. The van der Waals surface area contributed by atoms with E-state index in [2.05, 4.69) is 10.2 Å². The maximum Gasteiger partial charge on any atom is 0.262 e. The maximum absolute atomic E-state index is 14.5. The predicted molar refractivity (Wildman–Crippen MR) is 109 cm³/mol. The number of nitrogens with one attached hydrogen (secondary N) is 2. The second-order valence-corrected chi connectivity index (χ2v) is 8.06. The fourth-order valence-electron chi connectivity index (χ4n) is 3.83. The number of fused-ring (bicyclic) bond motifs is 1. The molecule has 0 radical (unpaired) electrons. The van der Waals surface area contributed by atoms with Crippen molar-refractivity contribution in [3.8, 4) is 5.75 Å². The third kappa shape index (κ3) is 5.14. The lowest BCUT2D eigenvalue weighted by Gasteiger charge is -2.40. The average molecular weight is 415 g/mol. The molecule has 1 aliphatic rings. The summed E-state index contributed by atoms with van der Waals surface area (Å²) < 4.78 is 14.5. The Kier molecular flexibility index (Phi) is 6.38. The Morgan fingerprint density at radius 1 is 1.20 bits per heavy atom. The lowest BCUT2D eigenvalue weighted by Crippen LogP contribution is -2.42. The number of phenolic OH excluding ortho intramolecular Hbond substituents is 1. The number of carbonyl (C=O) groups excluding carboxylic acids is 2. The third-order valence-corrected chi connectivity index (χ3v) is 5.06. The summed E-state index contributed by atoms with van der Waals surface area (Å²) in [6.45, 7) is 3.65. The highest BCUT2D eigenvalue weighted by atomic mass is 19.1. The van der Waals surface area contributed by atoms with Gasteiger partial charge in [-0.15, -0.1) is 0 Å². The number of alkyl halides is 1. The van der Waals surface area contributed by atoms with E-state index in [0.29, 0.717) is 18.5 Å². The number of rotatable bonds is 6. The molecule has 0 aromatic heterocycles. The highest BCUT2D eigenvalue weighted by Crippen LogP contribution is 2.37. The fraction of sp³-hybridized carbons (Fsp3) is 0.364. The van der Waals surface area contributed by atoms with Crippen LogP contribution in [0.5, 0.6) is 5.75 Å². The minimum atomic E-state index is -1.38. The number of halogens is 1. The summed E-state index contributed by atoms with van der Waals surface area (Å²) in [5.74, 6) is -0.960. The molecule has 7 nitrogen and oxygen atoms in total. The number of aromatic hydroxyl groups is 1. The van der Waals surface area contributed by atoms with Gasteiger partial charge in [0, 0.05) is 18.7 Å². The summed E-state index contributed by atoms with van der Waals surface area (Å²) in [6, 6.07) is 11.9. The molecular formula is C22H26FN3O4. The van der Waals surface area contributed by atoms with Gasteiger partial charge in [0.15, 0.2) is 0 Å². The van der Waals surface area contributed by atoms with Gasteiger partial charge < -0.3 is 10.4 Å². The molecule has 1 unspecified atom stereocenters. The molecule has 2 amide bonds. The van der Waals surface area contributed by atoms with Crippen LogP contribution in [0.15, 0.2) is 42.5 Å². The topological polar surface area (TPSA) is 102 Å². The Labute approximate surface area is 174 Å². The molecule has 0 aliphatic carbocycles. The van der Waals surface area contributed by atoms with Crippen molar-refractivity contribution >= 4 is 11.8 Å². The van der Waals surface area contributed by atoms with Crippen LogP contribution in [0.4, 0.5) is 4.39 Å². The number of carbonyl (C=O) groups is 2. The Bertz CT molecular complexity index is 925. The molecule has 8 heteroatoms. The largest absolute Gasteiger partial charge is 0.508 e. The van der Waals surface area contributed by atoms with Gasteiger partial charge in [-0.2, -0.15) is 0 Å². The van der Waals surface area contributed by atoms with Gasteiger partial charge in [-0.25, -0.2) is 9.87 Å². The van der Waals surface area contributed by atoms with E-state index in [1.165, 1.54) is 5.48 Å². The summed E-state index contributed by atoms with van der Waals surface area (Å²) in [6.07, 6.45) is 0.712. The zero-order chi connectivity index (χ0) is 21.9. The van der Waals surface area contributed by atoms with E-state index in [9.17, 15) is 19.1 Å². The van der Waals surface area contributed by atoms with Gasteiger partial charge in [-0.1, -0.05) is 18.2 Å². The van der Waals surface area contributed by atoms with E-state index < -0.39 is 17.5 Å². The van der Waals surface area contributed by atoms with Gasteiger partial charge in [0.1, 0.15) is 11.4 Å². The Balaban J connectivity index is 1.88. The SMILES string of the molecule is CC(C)(F)CN1CCc2cc(O)ccc2C1c1ccc(C(=O)NCC(=O)NO)cc1. The van der Waals surface area contributed by atoms with Crippen LogP contribution in [-0.4, -0.2) is 52.3 Å². The van der Waals surface area contributed by atoms with Crippen LogP contribution in [0.25, 0.3) is 0 Å². The molecule has 1 heterocycles. The predicted octanol–water partition coefficient (Wildman–Crippen LogP) is 2.32. The molecule has 0 bridgehead atoms. The highest BCUT2D eigenvalue weighted by molar-refractivity contribution is 5.96. The first kappa shape index (κ1) is 21.7. The molecule has 4 N–H and O–H groups in total. The van der Waals surface area contributed by atoms with Crippen molar-refractivity contribution in [2.45, 2.75) is 32.0 Å². The average Bonchev–Trinajstić information content (AvgIpc) is 2.70. The van der Waals surface area contributed by atoms with E-state index in [4.69, 9.17) is 5.21 Å². The molecule has 30 heavy (non-hydrogen) atoms. The number of benzene rings is 2. The van der Waals surface area contributed by atoms with Crippen molar-refractivity contribution in [2.24, 2.45) is 0 Å². The Hall–Kier alpha value is -2.97. The van der Waals surface area contributed by atoms with Crippen LogP contribution >= 0.6 is 0 Å². The molecule has 1 atom stereocenters. The molecule has 3 rings (SSSR count). The molecule has 2 aromatic rings. The van der Waals surface area contributed by atoms with Crippen LogP contribution < -0.4 is 10.8 Å². The molecule has 0 spiro atoms. The normalized spacial score (nSPS) is 16.6. The quantitative estimate of drug-likeness (QED) is 0.428. The molecular weight excluding hydrogens is 389 g/mol. The van der Waals surface area contributed by atoms with E-state index in [1.54, 1.807) is 38.1 Å². The standard InChI is InChI=1S/C22H26FN3O4/c1-22(2,23)13-26-10-9-16-11-17(27)7-8-18(16)20(26)14-3-5-15(6-4-14)21(29)24-12-19(28)25-30/h3-8,11,20,27,30H,9-10,12-13H2,1-2H3,(H,24,29)(H,25,28). The number of phenols is 1. The first-order valence-corrected chi connectivity index (χ1v) is 9.74. The van der Waals surface area contributed by atoms with Gasteiger partial charge in [0.25, 0.3) is 11.8 Å². The van der Waals surface area contributed by atoms with E-state index in [1.807, 2.05) is 18.2 Å². The lowest BCUT2D eigenvalue weighted by molar-refractivity contribution is -0.128. The van der Waals surface area contributed by atoms with Crippen molar-refractivity contribution in [3.05, 3.63) is 64.7 Å². The maximum atomic E-state index is 14.5. The first-order valence-electron chi connectivity index (χ1n) is 9.74. The lowest BCUT2D eigenvalue weighted by atomic mass is 9.87. The Morgan fingerprint density at radius 3 is 2.53 bits per heavy atom. The molecule has 2 aromatic carbocycles. The van der Waals surface area contributed by atoms with Crippen molar-refractivity contribution in [1.82, 2.24) is 15.7 Å². The zero-order valence-electron chi connectivity index (χ0n) is 17.0. The summed E-state index contributed by atoms with van der Waals surface area (Å²) in [7, 11) is 0. The van der Waals surface area contributed by atoms with E-state index in [0.717, 1.165) is 16.7 Å². The monoisotopic (exact) mass is 415 g/mol. The van der Waals surface area contributed by atoms with Crippen LogP contribution in [0.2, 0.25) is 0 Å². The van der Waals surface area contributed by atoms with Gasteiger partial charge in [-0.3, -0.25) is 19.7 Å². The van der Waals surface area contributed by atoms with Crippen LogP contribution in [0.1, 0.15) is 46.9 Å². The summed E-state index contributed by atoms with van der Waals surface area (Å²) in [4.78, 5) is 25.3. The highest BCUT2D eigenvalue weighted by Gasteiger charge is 2.32. The second-order valence-electron chi connectivity index (χ2n) is 8.06. The minimum absolute atomic E-state index is 0.200. The second kappa shape index (κ2) is 8.81. The number of hydroxylamine groups is 1. The molecule has 1 aliphatic heterocycles. The number of nitrogens with zero attached hydrogens (tertiary/aromatic N) is 1. The first-order chi connectivity index (χ1) is 14.2. The number of amides is 2. The molecule has 0 saturated heterocycles. The summed E-state index contributed by atoms with van der Waals surface area (Å²) in [5.41, 5.74) is 3.36. The van der Waals surface area contributed by atoms with Gasteiger partial charge >= 0.3 is 0 Å². The number of hydrogen-bond donors (Lipinski definition) is 4. The Morgan fingerprint density at radius 2 is 1.90 bits per heavy atom. The van der Waals surface area contributed by atoms with E-state index >= 15 is 0 Å². The van der Waals surface area contributed by atoms with Crippen molar-refractivity contribution in [1.29, 1.82) is 0 Å². The van der Waals surface area contributed by atoms with Crippen molar-refractivity contribution in [2.75, 3.05) is 19.6 Å². The smallest absolute Gasteiger partial charge is 0.262 e. The molecule has 0 fully saturated rings. The van der Waals surface area contributed by atoms with Crippen LogP contribution in [-0.2, 0) is 11.2 Å². The van der Waals surface area contributed by atoms with Gasteiger partial charge in [0.2, 0.25) is 0 Å².